The first-order valence-corrected chi connectivity index (χ1v) is 9.45. The van der Waals surface area contributed by atoms with E-state index in [1.54, 1.807) is 12.1 Å². The number of carbonyl (C=O) groups is 1. The first-order chi connectivity index (χ1) is 10.6. The number of nitrogens with one attached hydrogen (secondary N) is 1. The fourth-order valence-corrected chi connectivity index (χ4v) is 3.08. The molecule has 0 radical (unpaired) electrons. The summed E-state index contributed by atoms with van der Waals surface area (Å²) in [5.74, 6) is 0.607. The summed E-state index contributed by atoms with van der Waals surface area (Å²) >= 11 is 6.05. The van der Waals surface area contributed by atoms with Crippen molar-refractivity contribution in [3.8, 4) is 5.75 Å². The molecule has 0 unspecified atom stereocenters. The number of hydrogen-bond acceptors (Lipinski definition) is 4. The second-order valence-electron chi connectivity index (χ2n) is 5.60. The molecule has 0 saturated carbocycles. The lowest BCUT2D eigenvalue weighted by Crippen LogP contribution is -2.35. The lowest BCUT2D eigenvalue weighted by Gasteiger charge is -2.23. The maximum absolute atomic E-state index is 12.0. The highest BCUT2D eigenvalue weighted by molar-refractivity contribution is 7.92. The van der Waals surface area contributed by atoms with Crippen LogP contribution in [0.25, 0.3) is 0 Å². The Hall–Kier alpha value is -1.47. The molecular weight excluding hydrogens is 340 g/mol. The molecular formula is C15H23ClN2O4S. The molecule has 23 heavy (non-hydrogen) atoms. The maximum atomic E-state index is 12.0. The van der Waals surface area contributed by atoms with Gasteiger partial charge in [0.2, 0.25) is 15.9 Å². The molecule has 1 aromatic carbocycles. The van der Waals surface area contributed by atoms with Crippen molar-refractivity contribution < 1.29 is 17.9 Å². The Labute approximate surface area is 142 Å². The predicted molar refractivity (Wildman–Crippen MR) is 92.7 cm³/mol. The highest BCUT2D eigenvalue weighted by Gasteiger charge is 2.19. The van der Waals surface area contributed by atoms with E-state index in [1.807, 2.05) is 13.8 Å². The zero-order valence-corrected chi connectivity index (χ0v) is 15.4. The lowest BCUT2D eigenvalue weighted by molar-refractivity contribution is -0.121. The molecule has 8 heteroatoms. The molecule has 0 spiro atoms. The van der Waals surface area contributed by atoms with Crippen LogP contribution in [-0.2, 0) is 14.8 Å². The van der Waals surface area contributed by atoms with Gasteiger partial charge in [0, 0.05) is 19.5 Å². The van der Waals surface area contributed by atoms with Crippen molar-refractivity contribution in [3.05, 3.63) is 23.2 Å². The molecule has 0 aliphatic heterocycles. The van der Waals surface area contributed by atoms with Gasteiger partial charge in [0.1, 0.15) is 5.75 Å². The Morgan fingerprint density at radius 1 is 1.39 bits per heavy atom. The van der Waals surface area contributed by atoms with Gasteiger partial charge in [-0.2, -0.15) is 0 Å². The van der Waals surface area contributed by atoms with Gasteiger partial charge in [-0.15, -0.1) is 0 Å². The van der Waals surface area contributed by atoms with Crippen LogP contribution in [0.2, 0.25) is 5.02 Å². The number of halogens is 1. The van der Waals surface area contributed by atoms with Crippen molar-refractivity contribution in [3.63, 3.8) is 0 Å². The minimum absolute atomic E-state index is 0.0470. The van der Waals surface area contributed by atoms with Crippen LogP contribution in [0.5, 0.6) is 5.75 Å². The predicted octanol–water partition coefficient (Wildman–Crippen LogP) is 2.28. The Balaban J connectivity index is 2.86. The van der Waals surface area contributed by atoms with Crippen molar-refractivity contribution in [2.24, 2.45) is 5.92 Å². The van der Waals surface area contributed by atoms with E-state index in [4.69, 9.17) is 16.3 Å². The molecule has 0 heterocycles. The quantitative estimate of drug-likeness (QED) is 0.769. The van der Waals surface area contributed by atoms with Crippen molar-refractivity contribution in [2.75, 3.05) is 30.8 Å². The van der Waals surface area contributed by atoms with Crippen LogP contribution in [-0.4, -0.2) is 40.8 Å². The molecule has 0 bridgehead atoms. The van der Waals surface area contributed by atoms with E-state index >= 15 is 0 Å². The highest BCUT2D eigenvalue weighted by atomic mass is 35.5. The van der Waals surface area contributed by atoms with Crippen LogP contribution >= 0.6 is 11.6 Å². The zero-order chi connectivity index (χ0) is 17.6. The maximum Gasteiger partial charge on any atom is 0.232 e. The van der Waals surface area contributed by atoms with Crippen LogP contribution in [0.15, 0.2) is 18.2 Å². The van der Waals surface area contributed by atoms with Crippen LogP contribution in [0.3, 0.4) is 0 Å². The first-order valence-electron chi connectivity index (χ1n) is 7.23. The summed E-state index contributed by atoms with van der Waals surface area (Å²) in [6, 6.07) is 4.69. The van der Waals surface area contributed by atoms with Crippen LogP contribution in [0.4, 0.5) is 5.69 Å². The number of amides is 1. The normalized spacial score (nSPS) is 11.4. The van der Waals surface area contributed by atoms with Gasteiger partial charge < -0.3 is 10.1 Å². The van der Waals surface area contributed by atoms with Crippen LogP contribution in [0, 0.1) is 5.92 Å². The fraction of sp³-hybridized carbons (Fsp3) is 0.533. The minimum atomic E-state index is -3.53. The van der Waals surface area contributed by atoms with E-state index in [-0.39, 0.29) is 18.9 Å². The summed E-state index contributed by atoms with van der Waals surface area (Å²) in [5.41, 5.74) is 0.398. The van der Waals surface area contributed by atoms with Crippen LogP contribution < -0.4 is 14.4 Å². The molecule has 1 rings (SSSR count). The van der Waals surface area contributed by atoms with Gasteiger partial charge in [-0.3, -0.25) is 9.10 Å². The number of ether oxygens (including phenoxy) is 1. The highest BCUT2D eigenvalue weighted by Crippen LogP contribution is 2.30. The van der Waals surface area contributed by atoms with Gasteiger partial charge in [-0.25, -0.2) is 8.42 Å². The number of hydrogen-bond donors (Lipinski definition) is 1. The minimum Gasteiger partial charge on any atom is -0.495 e. The Bertz CT molecular complexity index is 647. The molecule has 0 saturated heterocycles. The van der Waals surface area contributed by atoms with E-state index in [2.05, 4.69) is 5.32 Å². The van der Waals surface area contributed by atoms with E-state index in [0.29, 0.717) is 28.9 Å². The van der Waals surface area contributed by atoms with Gasteiger partial charge in [-0.1, -0.05) is 25.4 Å². The largest absolute Gasteiger partial charge is 0.495 e. The molecule has 130 valence electrons. The average Bonchev–Trinajstić information content (AvgIpc) is 2.44. The summed E-state index contributed by atoms with van der Waals surface area (Å²) in [7, 11) is -2.05. The third-order valence-corrected chi connectivity index (χ3v) is 4.56. The number of benzene rings is 1. The molecule has 1 N–H and O–H groups in total. The van der Waals surface area contributed by atoms with E-state index < -0.39 is 10.0 Å². The summed E-state index contributed by atoms with van der Waals surface area (Å²) in [6.45, 7) is 4.59. The zero-order valence-electron chi connectivity index (χ0n) is 13.8. The molecule has 0 aliphatic carbocycles. The van der Waals surface area contributed by atoms with Crippen molar-refractivity contribution in [1.29, 1.82) is 0 Å². The summed E-state index contributed by atoms with van der Waals surface area (Å²) in [4.78, 5) is 11.8. The molecule has 0 fully saturated rings. The number of rotatable bonds is 8. The summed E-state index contributed by atoms with van der Waals surface area (Å²) in [6.07, 6.45) is 1.17. The van der Waals surface area contributed by atoms with Crippen molar-refractivity contribution >= 4 is 33.2 Å². The Morgan fingerprint density at radius 2 is 2.04 bits per heavy atom. The molecule has 6 nitrogen and oxygen atoms in total. The topological polar surface area (TPSA) is 75.7 Å². The number of carbonyl (C=O) groups excluding carboxylic acids is 1. The van der Waals surface area contributed by atoms with E-state index in [0.717, 1.165) is 10.6 Å². The Kier molecular flexibility index (Phi) is 7.15. The van der Waals surface area contributed by atoms with Gasteiger partial charge >= 0.3 is 0 Å². The third kappa shape index (κ3) is 6.27. The monoisotopic (exact) mass is 362 g/mol. The first kappa shape index (κ1) is 19.6. The smallest absolute Gasteiger partial charge is 0.232 e. The summed E-state index contributed by atoms with van der Waals surface area (Å²) < 4.78 is 30.2. The van der Waals surface area contributed by atoms with Gasteiger partial charge in [0.15, 0.2) is 0 Å². The Morgan fingerprint density at radius 3 is 2.52 bits per heavy atom. The molecule has 1 aromatic rings. The average molecular weight is 363 g/mol. The number of nitrogens with zero attached hydrogens (tertiary/aromatic N) is 1. The summed E-state index contributed by atoms with van der Waals surface area (Å²) in [5, 5.41) is 3.07. The number of anilines is 1. The van der Waals surface area contributed by atoms with Gasteiger partial charge in [-0.05, 0) is 24.1 Å². The molecule has 0 aliphatic rings. The van der Waals surface area contributed by atoms with E-state index in [9.17, 15) is 13.2 Å². The SMILES string of the molecule is COc1ccc(N(CCC(=O)NCC(C)C)S(C)(=O)=O)cc1Cl. The van der Waals surface area contributed by atoms with E-state index in [1.165, 1.54) is 13.2 Å². The molecule has 0 atom stereocenters. The van der Waals surface area contributed by atoms with Crippen LogP contribution in [0.1, 0.15) is 20.3 Å². The second-order valence-corrected chi connectivity index (χ2v) is 7.92. The number of sulfonamides is 1. The van der Waals surface area contributed by atoms with Crippen molar-refractivity contribution in [2.45, 2.75) is 20.3 Å². The second kappa shape index (κ2) is 8.40. The fourth-order valence-electron chi connectivity index (χ4n) is 1.91. The van der Waals surface area contributed by atoms with Gasteiger partial charge in [0.25, 0.3) is 0 Å². The third-order valence-electron chi connectivity index (χ3n) is 3.07. The lowest BCUT2D eigenvalue weighted by atomic mass is 10.2. The van der Waals surface area contributed by atoms with Crippen molar-refractivity contribution in [1.82, 2.24) is 5.32 Å². The van der Waals surface area contributed by atoms with Gasteiger partial charge in [0.05, 0.1) is 24.1 Å². The molecule has 0 aromatic heterocycles. The standard InChI is InChI=1S/C15H23ClN2O4S/c1-11(2)10-17-15(19)7-8-18(23(4,20)21)12-5-6-14(22-3)13(16)9-12/h5-6,9,11H,7-8,10H2,1-4H3,(H,17,19). The molecule has 1 amide bonds. The number of methoxy groups -OCH3 is 1.